The first-order chi connectivity index (χ1) is 12.1. The lowest BCUT2D eigenvalue weighted by Gasteiger charge is -2.09. The smallest absolute Gasteiger partial charge is 0.493 e. The minimum absolute atomic E-state index is 0.251. The SMILES string of the molecule is COC(=O)Oc1ccc(/C=N\NC(=S)Nc2ccccc2)cc1OC. The molecule has 0 amide bonds. The lowest BCUT2D eigenvalue weighted by atomic mass is 10.2. The minimum atomic E-state index is -0.821. The molecule has 25 heavy (non-hydrogen) atoms. The van der Waals surface area contributed by atoms with Crippen LogP contribution in [0.15, 0.2) is 53.6 Å². The summed E-state index contributed by atoms with van der Waals surface area (Å²) in [5, 5.41) is 7.41. The van der Waals surface area contributed by atoms with E-state index in [0.717, 1.165) is 11.3 Å². The van der Waals surface area contributed by atoms with Gasteiger partial charge in [0, 0.05) is 5.69 Å². The molecule has 0 aliphatic heterocycles. The van der Waals surface area contributed by atoms with Gasteiger partial charge in [-0.05, 0) is 48.1 Å². The molecule has 0 bridgehead atoms. The fraction of sp³-hybridized carbons (Fsp3) is 0.118. The van der Waals surface area contributed by atoms with E-state index in [4.69, 9.17) is 21.7 Å². The van der Waals surface area contributed by atoms with Gasteiger partial charge in [-0.3, -0.25) is 5.43 Å². The molecule has 0 saturated heterocycles. The number of carbonyl (C=O) groups excluding carboxylic acids is 1. The molecular formula is C17H17N3O4S. The summed E-state index contributed by atoms with van der Waals surface area (Å²) in [5.74, 6) is 0.625. The van der Waals surface area contributed by atoms with E-state index in [9.17, 15) is 4.79 Å². The van der Waals surface area contributed by atoms with Crippen LogP contribution in [-0.4, -0.2) is 31.7 Å². The van der Waals surface area contributed by atoms with E-state index in [0.29, 0.717) is 10.9 Å². The maximum atomic E-state index is 11.2. The number of thiocarbonyl (C=S) groups is 1. The van der Waals surface area contributed by atoms with Gasteiger partial charge in [0.15, 0.2) is 16.6 Å². The molecule has 2 rings (SSSR count). The molecule has 2 N–H and O–H groups in total. The second-order valence-corrected chi connectivity index (χ2v) is 5.06. The van der Waals surface area contributed by atoms with Crippen molar-refractivity contribution in [3.8, 4) is 11.5 Å². The van der Waals surface area contributed by atoms with E-state index in [2.05, 4.69) is 20.6 Å². The van der Waals surface area contributed by atoms with E-state index < -0.39 is 6.16 Å². The van der Waals surface area contributed by atoms with Crippen molar-refractivity contribution in [1.29, 1.82) is 0 Å². The highest BCUT2D eigenvalue weighted by molar-refractivity contribution is 7.80. The van der Waals surface area contributed by atoms with Gasteiger partial charge in [-0.15, -0.1) is 0 Å². The van der Waals surface area contributed by atoms with E-state index in [1.807, 2.05) is 30.3 Å². The normalized spacial score (nSPS) is 10.2. The Bertz CT molecular complexity index is 766. The van der Waals surface area contributed by atoms with Crippen molar-refractivity contribution in [3.05, 3.63) is 54.1 Å². The molecule has 0 aliphatic rings. The zero-order valence-electron chi connectivity index (χ0n) is 13.7. The lowest BCUT2D eigenvalue weighted by molar-refractivity contribution is 0.120. The van der Waals surface area contributed by atoms with E-state index in [-0.39, 0.29) is 5.75 Å². The number of hydrogen-bond donors (Lipinski definition) is 2. The van der Waals surface area contributed by atoms with Gasteiger partial charge in [-0.25, -0.2) is 4.79 Å². The first kappa shape index (κ1) is 18.2. The molecule has 130 valence electrons. The number of hydrogen-bond acceptors (Lipinski definition) is 6. The van der Waals surface area contributed by atoms with Crippen molar-refractivity contribution in [3.63, 3.8) is 0 Å². The van der Waals surface area contributed by atoms with Gasteiger partial charge in [0.05, 0.1) is 20.4 Å². The fourth-order valence-electron chi connectivity index (χ4n) is 1.83. The van der Waals surface area contributed by atoms with Gasteiger partial charge in [0.2, 0.25) is 0 Å². The Morgan fingerprint density at radius 3 is 2.56 bits per heavy atom. The summed E-state index contributed by atoms with van der Waals surface area (Å²) in [7, 11) is 2.70. The van der Waals surface area contributed by atoms with Crippen LogP contribution < -0.4 is 20.2 Å². The summed E-state index contributed by atoms with van der Waals surface area (Å²) in [6.45, 7) is 0. The van der Waals surface area contributed by atoms with Crippen molar-refractivity contribution >= 4 is 35.4 Å². The Morgan fingerprint density at radius 2 is 1.88 bits per heavy atom. The highest BCUT2D eigenvalue weighted by Gasteiger charge is 2.10. The number of nitrogens with zero attached hydrogens (tertiary/aromatic N) is 1. The zero-order chi connectivity index (χ0) is 18.1. The van der Waals surface area contributed by atoms with Crippen molar-refractivity contribution in [2.45, 2.75) is 0 Å². The van der Waals surface area contributed by atoms with Crippen LogP contribution in [0.3, 0.4) is 0 Å². The molecule has 7 nitrogen and oxygen atoms in total. The average Bonchev–Trinajstić information content (AvgIpc) is 2.63. The van der Waals surface area contributed by atoms with Gasteiger partial charge in [-0.2, -0.15) is 5.10 Å². The number of benzene rings is 2. The van der Waals surface area contributed by atoms with Crippen molar-refractivity contribution in [2.24, 2.45) is 5.10 Å². The molecule has 8 heteroatoms. The van der Waals surface area contributed by atoms with Gasteiger partial charge in [0.25, 0.3) is 0 Å². The minimum Gasteiger partial charge on any atom is -0.493 e. The number of carbonyl (C=O) groups is 1. The molecule has 2 aromatic rings. The molecule has 2 aromatic carbocycles. The molecule has 0 aliphatic carbocycles. The van der Waals surface area contributed by atoms with Crippen LogP contribution in [0.1, 0.15) is 5.56 Å². The first-order valence-electron chi connectivity index (χ1n) is 7.21. The van der Waals surface area contributed by atoms with Crippen LogP contribution >= 0.6 is 12.2 Å². The van der Waals surface area contributed by atoms with Crippen LogP contribution in [0.5, 0.6) is 11.5 Å². The van der Waals surface area contributed by atoms with Crippen molar-refractivity contribution in [2.75, 3.05) is 19.5 Å². The Balaban J connectivity index is 1.96. The van der Waals surface area contributed by atoms with Crippen LogP contribution in [0.4, 0.5) is 10.5 Å². The quantitative estimate of drug-likeness (QED) is 0.279. The molecule has 0 spiro atoms. The Kier molecular flexibility index (Phi) is 6.73. The van der Waals surface area contributed by atoms with Gasteiger partial charge >= 0.3 is 6.16 Å². The molecule has 0 aromatic heterocycles. The molecule has 0 atom stereocenters. The molecule has 0 saturated carbocycles. The molecule has 0 fully saturated rings. The van der Waals surface area contributed by atoms with Crippen LogP contribution in [0, 0.1) is 0 Å². The van der Waals surface area contributed by atoms with E-state index in [1.165, 1.54) is 14.2 Å². The third-order valence-electron chi connectivity index (χ3n) is 2.96. The predicted octanol–water partition coefficient (Wildman–Crippen LogP) is 3.16. The van der Waals surface area contributed by atoms with Crippen LogP contribution in [-0.2, 0) is 4.74 Å². The number of methoxy groups -OCH3 is 2. The van der Waals surface area contributed by atoms with Gasteiger partial charge in [-0.1, -0.05) is 18.2 Å². The molecule has 0 radical (unpaired) electrons. The summed E-state index contributed by atoms with van der Waals surface area (Å²) in [4.78, 5) is 11.2. The van der Waals surface area contributed by atoms with Gasteiger partial charge < -0.3 is 19.5 Å². The van der Waals surface area contributed by atoms with Crippen LogP contribution in [0.2, 0.25) is 0 Å². The van der Waals surface area contributed by atoms with E-state index in [1.54, 1.807) is 24.4 Å². The summed E-state index contributed by atoms with van der Waals surface area (Å²) in [5.41, 5.74) is 4.30. The monoisotopic (exact) mass is 359 g/mol. The van der Waals surface area contributed by atoms with E-state index >= 15 is 0 Å². The first-order valence-corrected chi connectivity index (χ1v) is 7.62. The number of rotatable bonds is 5. The number of para-hydroxylation sites is 1. The second-order valence-electron chi connectivity index (χ2n) is 4.66. The highest BCUT2D eigenvalue weighted by Crippen LogP contribution is 2.27. The third kappa shape index (κ3) is 5.78. The maximum Gasteiger partial charge on any atom is 0.513 e. The number of anilines is 1. The Morgan fingerprint density at radius 1 is 1.12 bits per heavy atom. The Hall–Kier alpha value is -3.13. The summed E-state index contributed by atoms with van der Waals surface area (Å²) >= 11 is 5.15. The lowest BCUT2D eigenvalue weighted by Crippen LogP contribution is -2.23. The standard InChI is InChI=1S/C17H17N3O4S/c1-22-15-10-12(8-9-14(15)24-17(21)23-2)11-18-20-16(25)19-13-6-4-3-5-7-13/h3-11H,1-2H3,(H2,19,20,25)/b18-11-. The summed E-state index contributed by atoms with van der Waals surface area (Å²) < 4.78 is 14.6. The molecule has 0 unspecified atom stereocenters. The number of hydrazone groups is 1. The largest absolute Gasteiger partial charge is 0.513 e. The zero-order valence-corrected chi connectivity index (χ0v) is 14.5. The average molecular weight is 359 g/mol. The highest BCUT2D eigenvalue weighted by atomic mass is 32.1. The topological polar surface area (TPSA) is 81.2 Å². The summed E-state index contributed by atoms with van der Waals surface area (Å²) in [6.07, 6.45) is 0.738. The van der Waals surface area contributed by atoms with Crippen LogP contribution in [0.25, 0.3) is 0 Å². The number of nitrogens with one attached hydrogen (secondary N) is 2. The summed E-state index contributed by atoms with van der Waals surface area (Å²) in [6, 6.07) is 14.5. The van der Waals surface area contributed by atoms with Crippen molar-refractivity contribution < 1.29 is 19.0 Å². The number of ether oxygens (including phenoxy) is 3. The fourth-order valence-corrected chi connectivity index (χ4v) is 2.00. The molecule has 0 heterocycles. The maximum absolute atomic E-state index is 11.2. The predicted molar refractivity (Wildman–Crippen MR) is 99.4 cm³/mol. The van der Waals surface area contributed by atoms with Gasteiger partial charge in [0.1, 0.15) is 0 Å². The second kappa shape index (κ2) is 9.24. The van der Waals surface area contributed by atoms with Crippen molar-refractivity contribution in [1.82, 2.24) is 5.43 Å². The third-order valence-corrected chi connectivity index (χ3v) is 3.15. The molecular weight excluding hydrogens is 342 g/mol. The Labute approximate surface area is 150 Å².